The molecule has 4 nitrogen and oxygen atoms in total. The molecule has 2 aromatic carbocycles. The van der Waals surface area contributed by atoms with Gasteiger partial charge in [0.05, 0.1) is 0 Å². The molecule has 0 fully saturated rings. The van der Waals surface area contributed by atoms with E-state index in [1.165, 1.54) is 17.4 Å². The lowest BCUT2D eigenvalue weighted by atomic mass is 10.1. The summed E-state index contributed by atoms with van der Waals surface area (Å²) >= 11 is 5.97. The Morgan fingerprint density at radius 2 is 1.79 bits per heavy atom. The molecule has 126 valence electrons. The van der Waals surface area contributed by atoms with Crippen LogP contribution >= 0.6 is 11.6 Å². The van der Waals surface area contributed by atoms with E-state index in [0.29, 0.717) is 16.4 Å². The van der Waals surface area contributed by atoms with Gasteiger partial charge in [-0.2, -0.15) is 0 Å². The van der Waals surface area contributed by atoms with E-state index in [1.807, 2.05) is 37.3 Å². The fourth-order valence-electron chi connectivity index (χ4n) is 2.36. The predicted molar refractivity (Wildman–Crippen MR) is 98.7 cm³/mol. The molecule has 0 saturated heterocycles. The van der Waals surface area contributed by atoms with E-state index in [2.05, 4.69) is 12.2 Å². The zero-order valence-electron chi connectivity index (χ0n) is 14.1. The van der Waals surface area contributed by atoms with Crippen LogP contribution in [-0.4, -0.2) is 18.4 Å². The summed E-state index contributed by atoms with van der Waals surface area (Å²) in [5.74, 6) is -0.452. The molecule has 0 heterocycles. The first-order chi connectivity index (χ1) is 11.4. The number of carbonyl (C=O) groups excluding carboxylic acids is 2. The molecule has 0 radical (unpaired) electrons. The van der Waals surface area contributed by atoms with Crippen LogP contribution in [0, 0.1) is 6.92 Å². The Bertz CT molecular complexity index is 742. The van der Waals surface area contributed by atoms with Gasteiger partial charge in [-0.3, -0.25) is 9.59 Å². The minimum absolute atomic E-state index is 0.0489. The first-order valence-electron chi connectivity index (χ1n) is 7.83. The molecule has 0 aliphatic rings. The molecule has 0 spiro atoms. The van der Waals surface area contributed by atoms with E-state index in [1.54, 1.807) is 12.1 Å². The van der Waals surface area contributed by atoms with Crippen molar-refractivity contribution >= 4 is 34.8 Å². The molecule has 2 amide bonds. The van der Waals surface area contributed by atoms with Crippen molar-refractivity contribution in [2.45, 2.75) is 27.2 Å². The van der Waals surface area contributed by atoms with E-state index in [9.17, 15) is 9.59 Å². The Morgan fingerprint density at radius 3 is 2.38 bits per heavy atom. The number of aryl methyl sites for hydroxylation is 2. The first kappa shape index (κ1) is 18.0. The molecule has 5 heteroatoms. The van der Waals surface area contributed by atoms with Gasteiger partial charge in [0.2, 0.25) is 11.8 Å². The van der Waals surface area contributed by atoms with E-state index in [0.717, 1.165) is 12.0 Å². The Kier molecular flexibility index (Phi) is 5.99. The lowest BCUT2D eigenvalue weighted by molar-refractivity contribution is -0.120. The number of carbonyl (C=O) groups is 2. The van der Waals surface area contributed by atoms with Gasteiger partial charge >= 0.3 is 0 Å². The maximum atomic E-state index is 12.3. The molecule has 1 N–H and O–H groups in total. The summed E-state index contributed by atoms with van der Waals surface area (Å²) in [6.07, 6.45) is 0.925. The molecule has 0 unspecified atom stereocenters. The molecule has 0 aromatic heterocycles. The molecule has 0 aliphatic heterocycles. The summed E-state index contributed by atoms with van der Waals surface area (Å²) < 4.78 is 0. The number of benzene rings is 2. The van der Waals surface area contributed by atoms with Crippen LogP contribution in [-0.2, 0) is 16.0 Å². The van der Waals surface area contributed by atoms with Gasteiger partial charge in [-0.1, -0.05) is 36.7 Å². The summed E-state index contributed by atoms with van der Waals surface area (Å²) in [6.45, 7) is 5.36. The van der Waals surface area contributed by atoms with Crippen molar-refractivity contribution in [2.24, 2.45) is 0 Å². The Morgan fingerprint density at radius 1 is 1.12 bits per heavy atom. The average molecular weight is 345 g/mol. The molecule has 2 rings (SSSR count). The standard InChI is InChI=1S/C19H21ClN2O2/c1-4-15-6-9-17(10-7-15)22(14(3)23)12-19(24)21-18-11-16(20)8-5-13(18)2/h5-11H,4,12H2,1-3H3,(H,21,24). The molecule has 0 saturated carbocycles. The summed E-state index contributed by atoms with van der Waals surface area (Å²) in [5.41, 5.74) is 3.45. The highest BCUT2D eigenvalue weighted by atomic mass is 35.5. The fraction of sp³-hybridized carbons (Fsp3) is 0.263. The maximum absolute atomic E-state index is 12.3. The van der Waals surface area contributed by atoms with Gasteiger partial charge in [-0.15, -0.1) is 0 Å². The number of amides is 2. The minimum atomic E-state index is -0.268. The number of anilines is 2. The SMILES string of the molecule is CCc1ccc(N(CC(=O)Nc2cc(Cl)ccc2C)C(C)=O)cc1. The van der Waals surface area contributed by atoms with Crippen LogP contribution in [0.4, 0.5) is 11.4 Å². The fourth-order valence-corrected chi connectivity index (χ4v) is 2.53. The molecule has 0 atom stereocenters. The Balaban J connectivity index is 2.13. The topological polar surface area (TPSA) is 49.4 Å². The molecule has 0 bridgehead atoms. The van der Waals surface area contributed by atoms with Crippen LogP contribution in [0.2, 0.25) is 5.02 Å². The zero-order chi connectivity index (χ0) is 17.7. The number of rotatable bonds is 5. The Hall–Kier alpha value is -2.33. The number of hydrogen-bond donors (Lipinski definition) is 1. The van der Waals surface area contributed by atoms with Crippen LogP contribution in [0.5, 0.6) is 0 Å². The maximum Gasteiger partial charge on any atom is 0.244 e. The van der Waals surface area contributed by atoms with E-state index < -0.39 is 0 Å². The van der Waals surface area contributed by atoms with Gasteiger partial charge < -0.3 is 10.2 Å². The van der Waals surface area contributed by atoms with Crippen molar-refractivity contribution < 1.29 is 9.59 Å². The molecular formula is C19H21ClN2O2. The van der Waals surface area contributed by atoms with Crippen molar-refractivity contribution in [3.8, 4) is 0 Å². The number of nitrogens with one attached hydrogen (secondary N) is 1. The average Bonchev–Trinajstić information content (AvgIpc) is 2.56. The lowest BCUT2D eigenvalue weighted by Gasteiger charge is -2.21. The quantitative estimate of drug-likeness (QED) is 0.883. The predicted octanol–water partition coefficient (Wildman–Crippen LogP) is 4.20. The van der Waals surface area contributed by atoms with E-state index in [-0.39, 0.29) is 18.4 Å². The number of halogens is 1. The zero-order valence-corrected chi connectivity index (χ0v) is 14.9. The van der Waals surface area contributed by atoms with Crippen molar-refractivity contribution in [3.63, 3.8) is 0 Å². The summed E-state index contributed by atoms with van der Waals surface area (Å²) in [4.78, 5) is 25.7. The monoisotopic (exact) mass is 344 g/mol. The van der Waals surface area contributed by atoms with Crippen LogP contribution in [0.25, 0.3) is 0 Å². The van der Waals surface area contributed by atoms with Crippen molar-refractivity contribution in [1.82, 2.24) is 0 Å². The molecule has 24 heavy (non-hydrogen) atoms. The molecular weight excluding hydrogens is 324 g/mol. The third-order valence-corrected chi connectivity index (χ3v) is 4.05. The normalized spacial score (nSPS) is 10.3. The summed E-state index contributed by atoms with van der Waals surface area (Å²) in [7, 11) is 0. The van der Waals surface area contributed by atoms with Crippen LogP contribution in [0.15, 0.2) is 42.5 Å². The second-order valence-corrected chi connectivity index (χ2v) is 6.07. The van der Waals surface area contributed by atoms with Crippen LogP contribution < -0.4 is 10.2 Å². The molecule has 0 aliphatic carbocycles. The van der Waals surface area contributed by atoms with Crippen LogP contribution in [0.1, 0.15) is 25.0 Å². The third kappa shape index (κ3) is 4.59. The van der Waals surface area contributed by atoms with Gasteiger partial charge in [0.1, 0.15) is 6.54 Å². The second-order valence-electron chi connectivity index (χ2n) is 5.63. The lowest BCUT2D eigenvalue weighted by Crippen LogP contribution is -2.36. The highest BCUT2D eigenvalue weighted by Crippen LogP contribution is 2.21. The van der Waals surface area contributed by atoms with Gasteiger partial charge in [-0.05, 0) is 48.7 Å². The third-order valence-electron chi connectivity index (χ3n) is 3.81. The number of hydrogen-bond acceptors (Lipinski definition) is 2. The Labute approximate surface area is 147 Å². The van der Waals surface area contributed by atoms with Crippen molar-refractivity contribution in [3.05, 3.63) is 58.6 Å². The molecule has 2 aromatic rings. The van der Waals surface area contributed by atoms with Gasteiger partial charge in [0.15, 0.2) is 0 Å². The van der Waals surface area contributed by atoms with Crippen molar-refractivity contribution in [1.29, 1.82) is 0 Å². The highest BCUT2D eigenvalue weighted by molar-refractivity contribution is 6.31. The van der Waals surface area contributed by atoms with Crippen LogP contribution in [0.3, 0.4) is 0 Å². The minimum Gasteiger partial charge on any atom is -0.324 e. The van der Waals surface area contributed by atoms with E-state index in [4.69, 9.17) is 11.6 Å². The first-order valence-corrected chi connectivity index (χ1v) is 8.21. The van der Waals surface area contributed by atoms with Gasteiger partial charge in [0, 0.05) is 23.3 Å². The summed E-state index contributed by atoms with van der Waals surface area (Å²) in [6, 6.07) is 12.9. The number of nitrogens with zero attached hydrogens (tertiary/aromatic N) is 1. The van der Waals surface area contributed by atoms with E-state index >= 15 is 0 Å². The van der Waals surface area contributed by atoms with Crippen molar-refractivity contribution in [2.75, 3.05) is 16.8 Å². The smallest absolute Gasteiger partial charge is 0.244 e. The highest BCUT2D eigenvalue weighted by Gasteiger charge is 2.16. The second kappa shape index (κ2) is 7.97. The van der Waals surface area contributed by atoms with Gasteiger partial charge in [0.25, 0.3) is 0 Å². The van der Waals surface area contributed by atoms with Gasteiger partial charge in [-0.25, -0.2) is 0 Å². The largest absolute Gasteiger partial charge is 0.324 e. The summed E-state index contributed by atoms with van der Waals surface area (Å²) in [5, 5.41) is 3.36.